The predicted molar refractivity (Wildman–Crippen MR) is 98.7 cm³/mol. The second-order valence-electron chi connectivity index (χ2n) is 6.34. The molecule has 0 amide bonds. The molecule has 25 heavy (non-hydrogen) atoms. The van der Waals surface area contributed by atoms with Crippen molar-refractivity contribution < 1.29 is 5.11 Å². The van der Waals surface area contributed by atoms with Gasteiger partial charge in [0.25, 0.3) is 0 Å². The first-order valence-corrected chi connectivity index (χ1v) is 8.50. The van der Waals surface area contributed by atoms with Gasteiger partial charge in [0.05, 0.1) is 12.3 Å². The van der Waals surface area contributed by atoms with Crippen molar-refractivity contribution in [2.75, 3.05) is 6.54 Å². The molecular weight excluding hydrogens is 312 g/mol. The zero-order valence-electron chi connectivity index (χ0n) is 14.8. The van der Waals surface area contributed by atoms with E-state index in [1.54, 1.807) is 6.20 Å². The van der Waals surface area contributed by atoms with Crippen LogP contribution in [0.15, 0.2) is 54.9 Å². The number of hydrogen-bond acceptors (Lipinski definition) is 4. The van der Waals surface area contributed by atoms with Crippen molar-refractivity contribution in [3.05, 3.63) is 77.2 Å². The Hall–Kier alpha value is -2.50. The molecule has 5 heteroatoms. The number of benzene rings is 1. The summed E-state index contributed by atoms with van der Waals surface area (Å²) in [5.74, 6) is 0.804. The molecule has 0 spiro atoms. The normalized spacial score (nSPS) is 13.6. The quantitative estimate of drug-likeness (QED) is 0.725. The molecule has 130 valence electrons. The summed E-state index contributed by atoms with van der Waals surface area (Å²) in [6, 6.07) is 13.8. The van der Waals surface area contributed by atoms with Crippen LogP contribution in [0.2, 0.25) is 0 Å². The standard InChI is InChI=1S/C20H24N4O/c1-14-7-6-8-17(11-14)19(25)13-22-15(2)18-12-23-24(16(18)3)20-9-4-5-10-21-20/h4-12,15,19,22,25H,13H2,1-3H3. The maximum atomic E-state index is 10.4. The number of rotatable bonds is 6. The Morgan fingerprint density at radius 2 is 2.00 bits per heavy atom. The molecule has 0 radical (unpaired) electrons. The van der Waals surface area contributed by atoms with Crippen LogP contribution in [-0.4, -0.2) is 26.4 Å². The molecule has 0 saturated carbocycles. The van der Waals surface area contributed by atoms with Gasteiger partial charge in [0.2, 0.25) is 0 Å². The zero-order valence-corrected chi connectivity index (χ0v) is 14.8. The lowest BCUT2D eigenvalue weighted by molar-refractivity contribution is 0.170. The minimum atomic E-state index is -0.534. The Bertz CT molecular complexity index is 829. The Labute approximate surface area is 148 Å². The molecule has 0 aliphatic heterocycles. The molecule has 3 rings (SSSR count). The number of nitrogens with zero attached hydrogens (tertiary/aromatic N) is 3. The number of aliphatic hydroxyl groups is 1. The monoisotopic (exact) mass is 336 g/mol. The lowest BCUT2D eigenvalue weighted by atomic mass is 10.1. The zero-order chi connectivity index (χ0) is 17.8. The van der Waals surface area contributed by atoms with Crippen LogP contribution in [0.4, 0.5) is 0 Å². The molecule has 2 N–H and O–H groups in total. The summed E-state index contributed by atoms with van der Waals surface area (Å²) in [4.78, 5) is 4.34. The van der Waals surface area contributed by atoms with Gasteiger partial charge < -0.3 is 10.4 Å². The predicted octanol–water partition coefficient (Wildman–Crippen LogP) is 3.27. The van der Waals surface area contributed by atoms with E-state index >= 15 is 0 Å². The average Bonchev–Trinajstić information content (AvgIpc) is 3.01. The van der Waals surface area contributed by atoms with Crippen molar-refractivity contribution in [2.24, 2.45) is 0 Å². The van der Waals surface area contributed by atoms with E-state index in [-0.39, 0.29) is 6.04 Å². The minimum Gasteiger partial charge on any atom is -0.387 e. The van der Waals surface area contributed by atoms with Crippen molar-refractivity contribution in [3.8, 4) is 5.82 Å². The molecule has 2 heterocycles. The molecule has 3 aromatic rings. The summed E-state index contributed by atoms with van der Waals surface area (Å²) in [5.41, 5.74) is 4.23. The maximum Gasteiger partial charge on any atom is 0.153 e. The lowest BCUT2D eigenvalue weighted by Crippen LogP contribution is -2.25. The number of hydrogen-bond donors (Lipinski definition) is 2. The van der Waals surface area contributed by atoms with Gasteiger partial charge in [0.15, 0.2) is 5.82 Å². The van der Waals surface area contributed by atoms with Gasteiger partial charge in [-0.25, -0.2) is 9.67 Å². The van der Waals surface area contributed by atoms with E-state index in [1.807, 2.05) is 67.2 Å². The van der Waals surface area contributed by atoms with Gasteiger partial charge in [0, 0.05) is 30.0 Å². The van der Waals surface area contributed by atoms with Crippen LogP contribution in [0.25, 0.3) is 5.82 Å². The summed E-state index contributed by atoms with van der Waals surface area (Å²) >= 11 is 0. The van der Waals surface area contributed by atoms with E-state index in [2.05, 4.69) is 22.3 Å². The Morgan fingerprint density at radius 1 is 1.16 bits per heavy atom. The van der Waals surface area contributed by atoms with Gasteiger partial charge in [-0.15, -0.1) is 0 Å². The molecule has 0 fully saturated rings. The van der Waals surface area contributed by atoms with Gasteiger partial charge in [-0.2, -0.15) is 5.10 Å². The largest absolute Gasteiger partial charge is 0.387 e. The Balaban J connectivity index is 1.68. The highest BCUT2D eigenvalue weighted by molar-refractivity contribution is 5.30. The van der Waals surface area contributed by atoms with Crippen LogP contribution in [0.5, 0.6) is 0 Å². The number of nitrogens with one attached hydrogen (secondary N) is 1. The SMILES string of the molecule is Cc1cccc(C(O)CNC(C)c2cnn(-c3ccccn3)c2C)c1. The maximum absolute atomic E-state index is 10.4. The fraction of sp³-hybridized carbons (Fsp3) is 0.300. The fourth-order valence-electron chi connectivity index (χ4n) is 2.95. The van der Waals surface area contributed by atoms with Crippen molar-refractivity contribution >= 4 is 0 Å². The summed E-state index contributed by atoms with van der Waals surface area (Å²) in [6.07, 6.45) is 3.09. The molecule has 2 aromatic heterocycles. The molecule has 0 aliphatic carbocycles. The Morgan fingerprint density at radius 3 is 2.72 bits per heavy atom. The van der Waals surface area contributed by atoms with E-state index in [1.165, 1.54) is 0 Å². The summed E-state index contributed by atoms with van der Waals surface area (Å²) in [6.45, 7) is 6.63. The third-order valence-corrected chi connectivity index (χ3v) is 4.42. The minimum absolute atomic E-state index is 0.0805. The number of pyridine rings is 1. The molecule has 5 nitrogen and oxygen atoms in total. The third-order valence-electron chi connectivity index (χ3n) is 4.42. The summed E-state index contributed by atoms with van der Waals surface area (Å²) in [7, 11) is 0. The van der Waals surface area contributed by atoms with Crippen molar-refractivity contribution in [2.45, 2.75) is 32.9 Å². The average molecular weight is 336 g/mol. The van der Waals surface area contributed by atoms with Gasteiger partial charge in [-0.1, -0.05) is 35.9 Å². The van der Waals surface area contributed by atoms with Gasteiger partial charge >= 0.3 is 0 Å². The van der Waals surface area contributed by atoms with Crippen LogP contribution in [0.1, 0.15) is 41.5 Å². The smallest absolute Gasteiger partial charge is 0.153 e. The van der Waals surface area contributed by atoms with Crippen LogP contribution in [0, 0.1) is 13.8 Å². The van der Waals surface area contributed by atoms with Crippen LogP contribution < -0.4 is 5.32 Å². The molecular formula is C20H24N4O. The Kier molecular flexibility index (Phi) is 5.26. The fourth-order valence-corrected chi connectivity index (χ4v) is 2.95. The van der Waals surface area contributed by atoms with E-state index < -0.39 is 6.10 Å². The highest BCUT2D eigenvalue weighted by atomic mass is 16.3. The molecule has 0 aliphatic rings. The third kappa shape index (κ3) is 3.95. The summed E-state index contributed by atoms with van der Waals surface area (Å²) in [5, 5.41) is 18.3. The first-order chi connectivity index (χ1) is 12.1. The first-order valence-electron chi connectivity index (χ1n) is 8.50. The number of aliphatic hydroxyl groups excluding tert-OH is 1. The highest BCUT2D eigenvalue weighted by Gasteiger charge is 2.16. The molecule has 2 atom stereocenters. The van der Waals surface area contributed by atoms with E-state index in [9.17, 15) is 5.11 Å². The molecule has 0 bridgehead atoms. The topological polar surface area (TPSA) is 63.0 Å². The van der Waals surface area contributed by atoms with Crippen molar-refractivity contribution in [1.82, 2.24) is 20.1 Å². The first kappa shape index (κ1) is 17.3. The van der Waals surface area contributed by atoms with Gasteiger partial charge in [-0.05, 0) is 38.5 Å². The highest BCUT2D eigenvalue weighted by Crippen LogP contribution is 2.20. The van der Waals surface area contributed by atoms with Crippen LogP contribution in [0.3, 0.4) is 0 Å². The van der Waals surface area contributed by atoms with Crippen LogP contribution in [-0.2, 0) is 0 Å². The number of aryl methyl sites for hydroxylation is 1. The van der Waals surface area contributed by atoms with E-state index in [0.717, 1.165) is 28.2 Å². The van der Waals surface area contributed by atoms with E-state index in [4.69, 9.17) is 0 Å². The molecule has 2 unspecified atom stereocenters. The summed E-state index contributed by atoms with van der Waals surface area (Å²) < 4.78 is 1.84. The van der Waals surface area contributed by atoms with Gasteiger partial charge in [0.1, 0.15) is 0 Å². The van der Waals surface area contributed by atoms with Crippen LogP contribution >= 0.6 is 0 Å². The second kappa shape index (κ2) is 7.59. The lowest BCUT2D eigenvalue weighted by Gasteiger charge is -2.18. The number of aromatic nitrogens is 3. The molecule has 0 saturated heterocycles. The van der Waals surface area contributed by atoms with E-state index in [0.29, 0.717) is 6.54 Å². The van der Waals surface area contributed by atoms with Crippen molar-refractivity contribution in [1.29, 1.82) is 0 Å². The van der Waals surface area contributed by atoms with Crippen molar-refractivity contribution in [3.63, 3.8) is 0 Å². The molecule has 1 aromatic carbocycles. The second-order valence-corrected chi connectivity index (χ2v) is 6.34. The van der Waals surface area contributed by atoms with Gasteiger partial charge in [-0.3, -0.25) is 0 Å².